The summed E-state index contributed by atoms with van der Waals surface area (Å²) in [7, 11) is 0. The molecule has 6 heteroatoms. The van der Waals surface area contributed by atoms with Crippen LogP contribution in [0.3, 0.4) is 0 Å². The van der Waals surface area contributed by atoms with E-state index in [0.717, 1.165) is 17.3 Å². The molecule has 18 heavy (non-hydrogen) atoms. The van der Waals surface area contributed by atoms with E-state index in [1.165, 1.54) is 11.1 Å². The van der Waals surface area contributed by atoms with E-state index in [2.05, 4.69) is 20.9 Å². The number of carboxylic acid groups (broad SMARTS) is 1. The van der Waals surface area contributed by atoms with Crippen LogP contribution in [-0.2, 0) is 4.79 Å². The first-order chi connectivity index (χ1) is 8.56. The molecule has 96 valence electrons. The number of carbonyl (C=O) groups is 2. The number of rotatable bonds is 5. The number of halogens is 1. The van der Waals surface area contributed by atoms with Gasteiger partial charge in [-0.3, -0.25) is 9.59 Å². The van der Waals surface area contributed by atoms with Crippen LogP contribution in [0, 0.1) is 5.92 Å². The Hall–Kier alpha value is -1.43. The summed E-state index contributed by atoms with van der Waals surface area (Å²) in [6, 6.07) is 3.31. The molecule has 1 saturated carbocycles. The number of aromatic nitrogens is 1. The fourth-order valence-corrected chi connectivity index (χ4v) is 1.89. The Labute approximate surface area is 113 Å². The molecule has 0 aliphatic heterocycles. The van der Waals surface area contributed by atoms with E-state index in [9.17, 15) is 9.59 Å². The monoisotopic (exact) mass is 312 g/mol. The van der Waals surface area contributed by atoms with Gasteiger partial charge in [-0.25, -0.2) is 4.98 Å². The SMILES string of the molecule is O=C(O)CN(CC1CC1)C(=O)c1ccc(Br)cn1. The average Bonchev–Trinajstić information content (AvgIpc) is 3.12. The topological polar surface area (TPSA) is 70.5 Å². The van der Waals surface area contributed by atoms with Gasteiger partial charge in [-0.1, -0.05) is 0 Å². The second-order valence-electron chi connectivity index (χ2n) is 4.38. The highest BCUT2D eigenvalue weighted by molar-refractivity contribution is 9.10. The maximum atomic E-state index is 12.1. The molecule has 1 aromatic rings. The summed E-state index contributed by atoms with van der Waals surface area (Å²) < 4.78 is 0.783. The van der Waals surface area contributed by atoms with Crippen molar-refractivity contribution in [2.45, 2.75) is 12.8 Å². The summed E-state index contributed by atoms with van der Waals surface area (Å²) in [6.07, 6.45) is 3.66. The Balaban J connectivity index is 2.10. The highest BCUT2D eigenvalue weighted by Gasteiger charge is 2.28. The molecule has 1 aromatic heterocycles. The minimum absolute atomic E-state index is 0.271. The quantitative estimate of drug-likeness (QED) is 0.899. The zero-order chi connectivity index (χ0) is 13.1. The lowest BCUT2D eigenvalue weighted by Gasteiger charge is -2.19. The van der Waals surface area contributed by atoms with Gasteiger partial charge in [0, 0.05) is 17.2 Å². The molecule has 0 radical (unpaired) electrons. The van der Waals surface area contributed by atoms with Gasteiger partial charge in [-0.2, -0.15) is 0 Å². The Kier molecular flexibility index (Phi) is 3.96. The molecule has 0 bridgehead atoms. The van der Waals surface area contributed by atoms with Gasteiger partial charge in [0.25, 0.3) is 5.91 Å². The molecule has 0 aromatic carbocycles. The van der Waals surface area contributed by atoms with Crippen LogP contribution in [0.1, 0.15) is 23.3 Å². The summed E-state index contributed by atoms with van der Waals surface area (Å²) in [6.45, 7) is 0.232. The fourth-order valence-electron chi connectivity index (χ4n) is 1.66. The molecule has 0 atom stereocenters. The number of carboxylic acids is 1. The van der Waals surface area contributed by atoms with E-state index in [1.807, 2.05) is 0 Å². The number of hydrogen-bond donors (Lipinski definition) is 1. The first-order valence-corrected chi connectivity index (χ1v) is 6.48. The first kappa shape index (κ1) is 13.0. The summed E-state index contributed by atoms with van der Waals surface area (Å²) in [5, 5.41) is 8.84. The van der Waals surface area contributed by atoms with Gasteiger partial charge in [0.15, 0.2) is 0 Å². The Morgan fingerprint density at radius 3 is 2.67 bits per heavy atom. The number of aliphatic carboxylic acids is 1. The van der Waals surface area contributed by atoms with Gasteiger partial charge >= 0.3 is 5.97 Å². The van der Waals surface area contributed by atoms with Crippen molar-refractivity contribution in [1.82, 2.24) is 9.88 Å². The normalized spacial score (nSPS) is 14.3. The molecule has 0 unspecified atom stereocenters. The van der Waals surface area contributed by atoms with Gasteiger partial charge in [0.1, 0.15) is 12.2 Å². The summed E-state index contributed by atoms with van der Waals surface area (Å²) in [5.74, 6) is -0.873. The molecule has 1 aliphatic rings. The number of nitrogens with zero attached hydrogens (tertiary/aromatic N) is 2. The zero-order valence-corrected chi connectivity index (χ0v) is 11.3. The van der Waals surface area contributed by atoms with Crippen LogP contribution in [0.4, 0.5) is 0 Å². The van der Waals surface area contributed by atoms with E-state index in [0.29, 0.717) is 12.5 Å². The van der Waals surface area contributed by atoms with Crippen molar-refractivity contribution >= 4 is 27.8 Å². The third-order valence-electron chi connectivity index (χ3n) is 2.74. The van der Waals surface area contributed by atoms with Crippen LogP contribution in [0.2, 0.25) is 0 Å². The Bertz CT molecular complexity index is 457. The highest BCUT2D eigenvalue weighted by Crippen LogP contribution is 2.30. The maximum Gasteiger partial charge on any atom is 0.323 e. The van der Waals surface area contributed by atoms with Crippen LogP contribution >= 0.6 is 15.9 Å². The van der Waals surface area contributed by atoms with Crippen LogP contribution in [0.15, 0.2) is 22.8 Å². The van der Waals surface area contributed by atoms with E-state index >= 15 is 0 Å². The molecule has 0 saturated heterocycles. The van der Waals surface area contributed by atoms with E-state index in [4.69, 9.17) is 5.11 Å². The number of pyridine rings is 1. The smallest absolute Gasteiger partial charge is 0.323 e. The van der Waals surface area contributed by atoms with Gasteiger partial charge in [-0.05, 0) is 46.8 Å². The first-order valence-electron chi connectivity index (χ1n) is 5.69. The number of hydrogen-bond acceptors (Lipinski definition) is 3. The number of carbonyl (C=O) groups excluding carboxylic acids is 1. The molecule has 1 fully saturated rings. The van der Waals surface area contributed by atoms with Crippen molar-refractivity contribution in [3.8, 4) is 0 Å². The second kappa shape index (κ2) is 5.48. The minimum Gasteiger partial charge on any atom is -0.480 e. The molecular weight excluding hydrogens is 300 g/mol. The largest absolute Gasteiger partial charge is 0.480 e. The van der Waals surface area contributed by atoms with E-state index < -0.39 is 5.97 Å². The van der Waals surface area contributed by atoms with Crippen molar-refractivity contribution in [2.24, 2.45) is 5.92 Å². The van der Waals surface area contributed by atoms with Crippen LogP contribution in [-0.4, -0.2) is 40.0 Å². The third kappa shape index (κ3) is 3.53. The van der Waals surface area contributed by atoms with Gasteiger partial charge in [0.2, 0.25) is 0 Å². The van der Waals surface area contributed by atoms with Gasteiger partial charge in [0.05, 0.1) is 0 Å². The van der Waals surface area contributed by atoms with E-state index in [-0.39, 0.29) is 18.1 Å². The standard InChI is InChI=1S/C12H13BrN2O3/c13-9-3-4-10(14-5-9)12(18)15(7-11(16)17)6-8-1-2-8/h3-5,8H,1-2,6-7H2,(H,16,17). The predicted molar refractivity (Wildman–Crippen MR) is 68.2 cm³/mol. The van der Waals surface area contributed by atoms with Crippen molar-refractivity contribution in [3.05, 3.63) is 28.5 Å². The summed E-state index contributed by atoms with van der Waals surface area (Å²) >= 11 is 3.24. The molecular formula is C12H13BrN2O3. The van der Waals surface area contributed by atoms with Crippen molar-refractivity contribution in [2.75, 3.05) is 13.1 Å². The third-order valence-corrected chi connectivity index (χ3v) is 3.20. The van der Waals surface area contributed by atoms with Crippen molar-refractivity contribution < 1.29 is 14.7 Å². The second-order valence-corrected chi connectivity index (χ2v) is 5.30. The molecule has 1 aliphatic carbocycles. The molecule has 1 heterocycles. The fraction of sp³-hybridized carbons (Fsp3) is 0.417. The molecule has 1 N–H and O–H groups in total. The lowest BCUT2D eigenvalue weighted by Crippen LogP contribution is -2.37. The lowest BCUT2D eigenvalue weighted by molar-refractivity contribution is -0.137. The molecule has 2 rings (SSSR count). The van der Waals surface area contributed by atoms with Crippen molar-refractivity contribution in [1.29, 1.82) is 0 Å². The van der Waals surface area contributed by atoms with Gasteiger partial charge < -0.3 is 10.0 Å². The molecule has 0 spiro atoms. The average molecular weight is 313 g/mol. The van der Waals surface area contributed by atoms with Crippen LogP contribution in [0.25, 0.3) is 0 Å². The predicted octanol–water partition coefficient (Wildman–Crippen LogP) is 1.78. The van der Waals surface area contributed by atoms with Crippen LogP contribution < -0.4 is 0 Å². The maximum absolute atomic E-state index is 12.1. The highest BCUT2D eigenvalue weighted by atomic mass is 79.9. The Morgan fingerprint density at radius 2 is 2.17 bits per heavy atom. The lowest BCUT2D eigenvalue weighted by atomic mass is 10.3. The number of amides is 1. The minimum atomic E-state index is -0.999. The van der Waals surface area contributed by atoms with E-state index in [1.54, 1.807) is 12.1 Å². The molecule has 5 nitrogen and oxygen atoms in total. The molecule has 1 amide bonds. The summed E-state index contributed by atoms with van der Waals surface area (Å²) in [4.78, 5) is 28.3. The van der Waals surface area contributed by atoms with Crippen LogP contribution in [0.5, 0.6) is 0 Å². The van der Waals surface area contributed by atoms with Crippen molar-refractivity contribution in [3.63, 3.8) is 0 Å². The Morgan fingerprint density at radius 1 is 1.44 bits per heavy atom. The summed E-state index contributed by atoms with van der Waals surface area (Å²) in [5.41, 5.74) is 0.278. The van der Waals surface area contributed by atoms with Gasteiger partial charge in [-0.15, -0.1) is 0 Å². The zero-order valence-electron chi connectivity index (χ0n) is 9.67.